The van der Waals surface area contributed by atoms with Gasteiger partial charge in [0.15, 0.2) is 0 Å². The Morgan fingerprint density at radius 3 is 3.00 bits per heavy atom. The number of nitrogens with zero attached hydrogens (tertiary/aromatic N) is 1. The summed E-state index contributed by atoms with van der Waals surface area (Å²) in [5.74, 6) is 0.544. The van der Waals surface area contributed by atoms with Crippen molar-refractivity contribution >= 4 is 5.91 Å². The minimum Gasteiger partial charge on any atom is -0.384 e. The Morgan fingerprint density at radius 2 is 2.43 bits per heavy atom. The molecule has 4 nitrogen and oxygen atoms in total. The normalized spacial score (nSPS) is 24.8. The van der Waals surface area contributed by atoms with E-state index in [1.165, 1.54) is 0 Å². The highest BCUT2D eigenvalue weighted by Gasteiger charge is 2.24. The van der Waals surface area contributed by atoms with Gasteiger partial charge in [-0.2, -0.15) is 0 Å². The van der Waals surface area contributed by atoms with E-state index in [2.05, 4.69) is 0 Å². The molecular weight excluding hydrogens is 180 g/mol. The van der Waals surface area contributed by atoms with Gasteiger partial charge >= 0.3 is 0 Å². The average molecular weight is 200 g/mol. The largest absolute Gasteiger partial charge is 0.384 e. The van der Waals surface area contributed by atoms with Crippen LogP contribution in [0.4, 0.5) is 0 Å². The fourth-order valence-corrected chi connectivity index (χ4v) is 1.92. The minimum absolute atomic E-state index is 0.0609. The van der Waals surface area contributed by atoms with Crippen molar-refractivity contribution in [2.45, 2.75) is 25.8 Å². The highest BCUT2D eigenvalue weighted by atomic mass is 16.5. The third-order valence-electron chi connectivity index (χ3n) is 2.62. The molecule has 1 aliphatic rings. The zero-order valence-corrected chi connectivity index (χ0v) is 9.03. The minimum atomic E-state index is -0.378. The molecule has 14 heavy (non-hydrogen) atoms. The molecule has 0 saturated carbocycles. The molecule has 0 aromatic rings. The number of ether oxygens (including phenoxy) is 1. The van der Waals surface area contributed by atoms with E-state index in [1.807, 2.05) is 4.90 Å². The van der Waals surface area contributed by atoms with Gasteiger partial charge in [0.05, 0.1) is 12.6 Å². The number of likely N-dealkylation sites (tertiary alicyclic amines) is 1. The summed E-state index contributed by atoms with van der Waals surface area (Å²) >= 11 is 0. The van der Waals surface area contributed by atoms with Crippen molar-refractivity contribution in [3.05, 3.63) is 0 Å². The van der Waals surface area contributed by atoms with Gasteiger partial charge in [0.2, 0.25) is 5.91 Å². The Hall–Kier alpha value is -0.610. The molecule has 82 valence electrons. The predicted octanol–water partition coefficient (Wildman–Crippen LogP) is 0.219. The maximum Gasteiger partial charge on any atom is 0.239 e. The van der Waals surface area contributed by atoms with E-state index in [0.717, 1.165) is 32.5 Å². The molecule has 1 rings (SSSR count). The van der Waals surface area contributed by atoms with Crippen LogP contribution in [0.5, 0.6) is 0 Å². The number of methoxy groups -OCH3 is 1. The fourth-order valence-electron chi connectivity index (χ4n) is 1.92. The molecule has 1 amide bonds. The monoisotopic (exact) mass is 200 g/mol. The van der Waals surface area contributed by atoms with Crippen molar-refractivity contribution in [3.63, 3.8) is 0 Å². The van der Waals surface area contributed by atoms with Gasteiger partial charge in [0.1, 0.15) is 0 Å². The van der Waals surface area contributed by atoms with Gasteiger partial charge in [-0.25, -0.2) is 0 Å². The number of hydrogen-bond donors (Lipinski definition) is 1. The topological polar surface area (TPSA) is 55.6 Å². The van der Waals surface area contributed by atoms with E-state index in [9.17, 15) is 4.79 Å². The molecular formula is C10H20N2O2. The second-order valence-corrected chi connectivity index (χ2v) is 4.04. The molecule has 0 spiro atoms. The van der Waals surface area contributed by atoms with Crippen molar-refractivity contribution in [1.82, 2.24) is 4.90 Å². The van der Waals surface area contributed by atoms with Crippen LogP contribution in [-0.4, -0.2) is 43.7 Å². The first-order valence-corrected chi connectivity index (χ1v) is 5.18. The first-order chi connectivity index (χ1) is 6.65. The van der Waals surface area contributed by atoms with Gasteiger partial charge in [-0.3, -0.25) is 4.79 Å². The molecule has 0 aliphatic carbocycles. The van der Waals surface area contributed by atoms with Gasteiger partial charge in [0, 0.05) is 20.2 Å². The Bertz CT molecular complexity index is 193. The quantitative estimate of drug-likeness (QED) is 0.709. The molecule has 2 N–H and O–H groups in total. The lowest BCUT2D eigenvalue weighted by atomic mass is 9.98. The number of carbonyl (C=O) groups excluding carboxylic acids is 1. The maximum absolute atomic E-state index is 11.6. The Kier molecular flexibility index (Phi) is 4.35. The van der Waals surface area contributed by atoms with Crippen LogP contribution in [0.2, 0.25) is 0 Å². The smallest absolute Gasteiger partial charge is 0.239 e. The summed E-state index contributed by atoms with van der Waals surface area (Å²) in [7, 11) is 1.70. The Morgan fingerprint density at radius 1 is 1.71 bits per heavy atom. The lowest BCUT2D eigenvalue weighted by Crippen LogP contribution is -2.47. The molecule has 1 fully saturated rings. The molecule has 0 aromatic carbocycles. The van der Waals surface area contributed by atoms with Gasteiger partial charge in [-0.15, -0.1) is 0 Å². The van der Waals surface area contributed by atoms with Crippen molar-refractivity contribution < 1.29 is 9.53 Å². The average Bonchev–Trinajstić information content (AvgIpc) is 2.17. The summed E-state index contributed by atoms with van der Waals surface area (Å²) in [6, 6.07) is -0.378. The van der Waals surface area contributed by atoms with Crippen LogP contribution in [-0.2, 0) is 9.53 Å². The summed E-state index contributed by atoms with van der Waals surface area (Å²) < 4.78 is 5.10. The van der Waals surface area contributed by atoms with E-state index in [-0.39, 0.29) is 11.9 Å². The summed E-state index contributed by atoms with van der Waals surface area (Å²) in [5.41, 5.74) is 5.56. The number of hydrogen-bond acceptors (Lipinski definition) is 3. The number of amides is 1. The van der Waals surface area contributed by atoms with Crippen molar-refractivity contribution in [2.24, 2.45) is 11.7 Å². The molecule has 0 bridgehead atoms. The van der Waals surface area contributed by atoms with Gasteiger partial charge < -0.3 is 15.4 Å². The van der Waals surface area contributed by atoms with E-state index in [4.69, 9.17) is 10.5 Å². The van der Waals surface area contributed by atoms with E-state index in [1.54, 1.807) is 14.0 Å². The van der Waals surface area contributed by atoms with Crippen LogP contribution >= 0.6 is 0 Å². The van der Waals surface area contributed by atoms with Crippen LogP contribution in [0.3, 0.4) is 0 Å². The van der Waals surface area contributed by atoms with Crippen LogP contribution in [0, 0.1) is 5.92 Å². The SMILES string of the molecule is COC[C@@H]1CCCN(C(=O)[C@@H](C)N)C1. The number of piperidine rings is 1. The van der Waals surface area contributed by atoms with Crippen LogP contribution in [0.15, 0.2) is 0 Å². The highest BCUT2D eigenvalue weighted by Crippen LogP contribution is 2.16. The molecule has 4 heteroatoms. The molecule has 0 unspecified atom stereocenters. The lowest BCUT2D eigenvalue weighted by molar-refractivity contribution is -0.134. The molecule has 0 radical (unpaired) electrons. The number of nitrogens with two attached hydrogens (primary N) is 1. The summed E-state index contributed by atoms with van der Waals surface area (Å²) in [5, 5.41) is 0. The van der Waals surface area contributed by atoms with Crippen LogP contribution in [0.1, 0.15) is 19.8 Å². The van der Waals surface area contributed by atoms with E-state index in [0.29, 0.717) is 5.92 Å². The lowest BCUT2D eigenvalue weighted by Gasteiger charge is -2.33. The number of rotatable bonds is 3. The predicted molar refractivity (Wildman–Crippen MR) is 54.8 cm³/mol. The van der Waals surface area contributed by atoms with Gasteiger partial charge in [0.25, 0.3) is 0 Å². The zero-order valence-electron chi connectivity index (χ0n) is 9.03. The molecule has 1 saturated heterocycles. The van der Waals surface area contributed by atoms with Crippen molar-refractivity contribution in [1.29, 1.82) is 0 Å². The first kappa shape index (κ1) is 11.5. The van der Waals surface area contributed by atoms with Gasteiger partial charge in [-0.1, -0.05) is 0 Å². The number of carbonyl (C=O) groups is 1. The third kappa shape index (κ3) is 2.96. The summed E-state index contributed by atoms with van der Waals surface area (Å²) in [6.07, 6.45) is 2.21. The first-order valence-electron chi connectivity index (χ1n) is 5.18. The second-order valence-electron chi connectivity index (χ2n) is 4.04. The van der Waals surface area contributed by atoms with E-state index < -0.39 is 0 Å². The van der Waals surface area contributed by atoms with Crippen molar-refractivity contribution in [3.8, 4) is 0 Å². The summed E-state index contributed by atoms with van der Waals surface area (Å²) in [6.45, 7) is 4.12. The molecule has 0 aromatic heterocycles. The molecule has 1 aliphatic heterocycles. The highest BCUT2D eigenvalue weighted by molar-refractivity contribution is 5.81. The third-order valence-corrected chi connectivity index (χ3v) is 2.62. The zero-order chi connectivity index (χ0) is 10.6. The maximum atomic E-state index is 11.6. The molecule has 2 atom stereocenters. The van der Waals surface area contributed by atoms with E-state index >= 15 is 0 Å². The van der Waals surface area contributed by atoms with Crippen molar-refractivity contribution in [2.75, 3.05) is 26.8 Å². The molecule has 1 heterocycles. The Labute approximate surface area is 85.4 Å². The van der Waals surface area contributed by atoms with Gasteiger partial charge in [-0.05, 0) is 25.7 Å². The second kappa shape index (κ2) is 5.32. The summed E-state index contributed by atoms with van der Waals surface area (Å²) in [4.78, 5) is 13.5. The van der Waals surface area contributed by atoms with Crippen LogP contribution < -0.4 is 5.73 Å². The fraction of sp³-hybridized carbons (Fsp3) is 0.900. The van der Waals surface area contributed by atoms with Crippen LogP contribution in [0.25, 0.3) is 0 Å². The standard InChI is InChI=1S/C10H20N2O2/c1-8(11)10(13)12-5-3-4-9(6-12)7-14-2/h8-9H,3-7,11H2,1-2H3/t8-,9-/m1/s1. The Balaban J connectivity index is 2.43.